The molecule has 4 aromatic rings. The number of aryl methyl sites for hydroxylation is 1. The molecule has 0 aliphatic heterocycles. The molecule has 0 aliphatic rings. The number of para-hydroxylation sites is 2. The Labute approximate surface area is 175 Å². The Hall–Kier alpha value is -3.10. The van der Waals surface area contributed by atoms with Gasteiger partial charge < -0.3 is 9.40 Å². The average molecular weight is 425 g/mol. The fourth-order valence-electron chi connectivity index (χ4n) is 3.51. The van der Waals surface area contributed by atoms with E-state index in [4.69, 9.17) is 4.42 Å². The maximum Gasteiger partial charge on any atom is 0.229 e. The van der Waals surface area contributed by atoms with E-state index in [-0.39, 0.29) is 0 Å². The van der Waals surface area contributed by atoms with Crippen LogP contribution in [-0.2, 0) is 23.1 Å². The maximum absolute atomic E-state index is 11.7. The first-order valence-electron chi connectivity index (χ1n) is 9.57. The van der Waals surface area contributed by atoms with Gasteiger partial charge in [0, 0.05) is 30.2 Å². The monoisotopic (exact) mass is 424 g/mol. The van der Waals surface area contributed by atoms with Crippen molar-refractivity contribution in [3.8, 4) is 11.5 Å². The van der Waals surface area contributed by atoms with Crippen molar-refractivity contribution in [2.24, 2.45) is 0 Å². The molecule has 0 aliphatic carbocycles. The van der Waals surface area contributed by atoms with E-state index in [1.165, 1.54) is 10.9 Å². The van der Waals surface area contributed by atoms with Gasteiger partial charge in [-0.1, -0.05) is 30.3 Å². The topological polar surface area (TPSA) is 91.2 Å². The molecule has 2 heterocycles. The number of aromatic amines is 1. The first-order valence-corrected chi connectivity index (χ1v) is 11.5. The number of fused-ring (bicyclic) bond motifs is 1. The van der Waals surface area contributed by atoms with Crippen molar-refractivity contribution in [3.05, 3.63) is 71.7 Å². The lowest BCUT2D eigenvalue weighted by atomic mass is 10.1. The highest BCUT2D eigenvalue weighted by molar-refractivity contribution is 7.92. The van der Waals surface area contributed by atoms with Crippen molar-refractivity contribution in [3.63, 3.8) is 0 Å². The third-order valence-corrected chi connectivity index (χ3v) is 5.47. The lowest BCUT2D eigenvalue weighted by Crippen LogP contribution is -2.17. The van der Waals surface area contributed by atoms with E-state index >= 15 is 0 Å². The fourth-order valence-corrected chi connectivity index (χ4v) is 4.09. The highest BCUT2D eigenvalue weighted by Gasteiger charge is 2.17. The predicted octanol–water partition coefficient (Wildman–Crippen LogP) is 4.13. The molecule has 0 saturated heterocycles. The zero-order chi connectivity index (χ0) is 21.3. The predicted molar refractivity (Wildman–Crippen MR) is 119 cm³/mol. The summed E-state index contributed by atoms with van der Waals surface area (Å²) in [6, 6.07) is 15.3. The van der Waals surface area contributed by atoms with Crippen LogP contribution in [0, 0.1) is 6.92 Å². The Kier molecular flexibility index (Phi) is 5.36. The van der Waals surface area contributed by atoms with Crippen molar-refractivity contribution in [2.75, 3.05) is 18.0 Å². The zero-order valence-corrected chi connectivity index (χ0v) is 18.0. The van der Waals surface area contributed by atoms with E-state index in [9.17, 15) is 8.42 Å². The molecule has 0 fully saturated rings. The number of H-pyrrole nitrogens is 1. The number of hydrogen-bond acceptors (Lipinski definition) is 5. The molecule has 2 N–H and O–H groups in total. The molecule has 30 heavy (non-hydrogen) atoms. The maximum atomic E-state index is 11.7. The lowest BCUT2D eigenvalue weighted by Gasteiger charge is -2.14. The molecule has 2 aromatic carbocycles. The molecule has 7 nitrogen and oxygen atoms in total. The Bertz CT molecular complexity index is 1290. The number of aromatic nitrogens is 2. The van der Waals surface area contributed by atoms with E-state index in [0.717, 1.165) is 24.0 Å². The molecule has 4 rings (SSSR count). The standard InChI is InChI=1S/C22H24N4O3S/c1-15-21(14-26(2)13-16-12-23-19-10-6-4-8-17(16)19)24-22(29-15)18-9-5-7-11-20(18)25-30(3,27)28/h4-12,23,25H,13-14H2,1-3H3. The van der Waals surface area contributed by atoms with Gasteiger partial charge in [-0.05, 0) is 37.7 Å². The van der Waals surface area contributed by atoms with Crippen LogP contribution < -0.4 is 4.72 Å². The van der Waals surface area contributed by atoms with Gasteiger partial charge in [-0.15, -0.1) is 0 Å². The second-order valence-electron chi connectivity index (χ2n) is 7.47. The van der Waals surface area contributed by atoms with Gasteiger partial charge >= 0.3 is 0 Å². The fraction of sp³-hybridized carbons (Fsp3) is 0.227. The quantitative estimate of drug-likeness (QED) is 0.465. The summed E-state index contributed by atoms with van der Waals surface area (Å²) in [5.41, 5.74) is 4.21. The molecule has 0 radical (unpaired) electrons. The molecule has 2 aromatic heterocycles. The SMILES string of the molecule is Cc1oc(-c2ccccc2NS(C)(=O)=O)nc1CN(C)Cc1c[nH]c2ccccc12. The van der Waals surface area contributed by atoms with Gasteiger partial charge in [-0.25, -0.2) is 13.4 Å². The minimum atomic E-state index is -3.41. The summed E-state index contributed by atoms with van der Waals surface area (Å²) in [6.07, 6.45) is 3.16. The zero-order valence-electron chi connectivity index (χ0n) is 17.1. The van der Waals surface area contributed by atoms with Gasteiger partial charge in [-0.3, -0.25) is 9.62 Å². The number of nitrogens with zero attached hydrogens (tertiary/aromatic N) is 2. The van der Waals surface area contributed by atoms with Crippen LogP contribution >= 0.6 is 0 Å². The van der Waals surface area contributed by atoms with Crippen LogP contribution in [0.15, 0.2) is 59.1 Å². The van der Waals surface area contributed by atoms with Gasteiger partial charge in [0.1, 0.15) is 5.76 Å². The van der Waals surface area contributed by atoms with Gasteiger partial charge in [0.05, 0.1) is 23.2 Å². The highest BCUT2D eigenvalue weighted by Crippen LogP contribution is 2.30. The van der Waals surface area contributed by atoms with Crippen LogP contribution in [0.5, 0.6) is 0 Å². The molecule has 156 valence electrons. The van der Waals surface area contributed by atoms with E-state index in [1.54, 1.807) is 18.2 Å². The Balaban J connectivity index is 1.55. The molecule has 0 unspecified atom stereocenters. The van der Waals surface area contributed by atoms with Crippen LogP contribution in [0.1, 0.15) is 17.0 Å². The minimum absolute atomic E-state index is 0.398. The number of anilines is 1. The third kappa shape index (κ3) is 4.39. The van der Waals surface area contributed by atoms with Gasteiger partial charge in [-0.2, -0.15) is 0 Å². The van der Waals surface area contributed by atoms with E-state index < -0.39 is 10.0 Å². The van der Waals surface area contributed by atoms with Crippen molar-refractivity contribution < 1.29 is 12.8 Å². The van der Waals surface area contributed by atoms with Crippen LogP contribution in [0.4, 0.5) is 5.69 Å². The summed E-state index contributed by atoms with van der Waals surface area (Å²) in [7, 11) is -1.37. The van der Waals surface area contributed by atoms with E-state index in [2.05, 4.69) is 31.7 Å². The van der Waals surface area contributed by atoms with Crippen molar-refractivity contribution in [2.45, 2.75) is 20.0 Å². The highest BCUT2D eigenvalue weighted by atomic mass is 32.2. The molecule has 0 amide bonds. The summed E-state index contributed by atoms with van der Waals surface area (Å²) in [5.74, 6) is 1.11. The Morgan fingerprint density at radius 2 is 1.83 bits per heavy atom. The van der Waals surface area contributed by atoms with Crippen molar-refractivity contribution in [1.29, 1.82) is 0 Å². The van der Waals surface area contributed by atoms with Crippen molar-refractivity contribution in [1.82, 2.24) is 14.9 Å². The third-order valence-electron chi connectivity index (χ3n) is 4.88. The second-order valence-corrected chi connectivity index (χ2v) is 9.22. The smallest absolute Gasteiger partial charge is 0.229 e. The van der Waals surface area contributed by atoms with Crippen LogP contribution in [0.3, 0.4) is 0 Å². The molecular weight excluding hydrogens is 400 g/mol. The Morgan fingerprint density at radius 3 is 2.63 bits per heavy atom. The Morgan fingerprint density at radius 1 is 1.10 bits per heavy atom. The largest absolute Gasteiger partial charge is 0.441 e. The molecule has 0 saturated carbocycles. The number of nitrogens with one attached hydrogen (secondary N) is 2. The van der Waals surface area contributed by atoms with Crippen molar-refractivity contribution >= 4 is 26.6 Å². The molecular formula is C22H24N4O3S. The summed E-state index contributed by atoms with van der Waals surface area (Å²) in [5, 5.41) is 1.21. The van der Waals surface area contributed by atoms with E-state index in [1.807, 2.05) is 38.4 Å². The van der Waals surface area contributed by atoms with E-state index in [0.29, 0.717) is 29.4 Å². The first kappa shape index (κ1) is 20.2. The molecule has 0 spiro atoms. The lowest BCUT2D eigenvalue weighted by molar-refractivity contribution is 0.314. The summed E-state index contributed by atoms with van der Waals surface area (Å²) in [4.78, 5) is 10.1. The summed E-state index contributed by atoms with van der Waals surface area (Å²) < 4.78 is 31.8. The van der Waals surface area contributed by atoms with Crippen LogP contribution in [0.2, 0.25) is 0 Å². The average Bonchev–Trinajstić information content (AvgIpc) is 3.25. The number of sulfonamides is 1. The van der Waals surface area contributed by atoms with Gasteiger partial charge in [0.25, 0.3) is 0 Å². The number of rotatable bonds is 7. The molecule has 8 heteroatoms. The molecule has 0 atom stereocenters. The first-order chi connectivity index (χ1) is 14.3. The second kappa shape index (κ2) is 7.97. The van der Waals surface area contributed by atoms with Crippen LogP contribution in [-0.4, -0.2) is 36.6 Å². The molecule has 0 bridgehead atoms. The summed E-state index contributed by atoms with van der Waals surface area (Å²) >= 11 is 0. The normalized spacial score (nSPS) is 12.0. The van der Waals surface area contributed by atoms with Gasteiger partial charge in [0.15, 0.2) is 0 Å². The summed E-state index contributed by atoms with van der Waals surface area (Å²) in [6.45, 7) is 3.24. The minimum Gasteiger partial charge on any atom is -0.441 e. The number of hydrogen-bond donors (Lipinski definition) is 2. The van der Waals surface area contributed by atoms with Gasteiger partial charge in [0.2, 0.25) is 15.9 Å². The number of benzene rings is 2. The number of oxazole rings is 1. The van der Waals surface area contributed by atoms with Crippen LogP contribution in [0.25, 0.3) is 22.4 Å².